The lowest BCUT2D eigenvalue weighted by Crippen LogP contribution is -2.25. The van der Waals surface area contributed by atoms with Crippen molar-refractivity contribution in [2.75, 3.05) is 7.05 Å². The number of benzene rings is 1. The summed E-state index contributed by atoms with van der Waals surface area (Å²) in [5.41, 5.74) is 4.31. The number of rotatable bonds is 0. The first-order valence-corrected chi connectivity index (χ1v) is 5.61. The second kappa shape index (κ2) is 2.93. The maximum Gasteiger partial charge on any atom is 0.209 e. The second-order valence-corrected chi connectivity index (χ2v) is 5.35. The van der Waals surface area contributed by atoms with E-state index in [1.807, 2.05) is 0 Å². The van der Waals surface area contributed by atoms with Crippen molar-refractivity contribution < 1.29 is 4.58 Å². The van der Waals surface area contributed by atoms with Crippen LogP contribution in [-0.2, 0) is 5.41 Å². The Morgan fingerprint density at radius 3 is 2.57 bits per heavy atom. The zero-order valence-electron chi connectivity index (χ0n) is 9.06. The molecule has 0 spiro atoms. The van der Waals surface area contributed by atoms with Gasteiger partial charge in [0.2, 0.25) is 5.69 Å². The third kappa shape index (κ3) is 1.17. The molecule has 0 saturated carbocycles. The summed E-state index contributed by atoms with van der Waals surface area (Å²) in [7, 11) is 2.14. The lowest BCUT2D eigenvalue weighted by atomic mass is 9.82. The molecule has 1 heterocycles. The quantitative estimate of drug-likeness (QED) is 0.623. The first-order valence-electron chi connectivity index (χ1n) is 4.82. The van der Waals surface area contributed by atoms with Crippen LogP contribution >= 0.6 is 15.9 Å². The maximum atomic E-state index is 3.53. The first-order chi connectivity index (χ1) is 6.44. The molecular weight excluding hydrogens is 238 g/mol. The van der Waals surface area contributed by atoms with E-state index in [0.717, 1.165) is 4.47 Å². The molecule has 0 aliphatic carbocycles. The molecule has 1 aliphatic rings. The summed E-state index contributed by atoms with van der Waals surface area (Å²) in [4.78, 5) is 0. The van der Waals surface area contributed by atoms with Gasteiger partial charge in [-0.05, 0) is 26.0 Å². The largest absolute Gasteiger partial charge is 0.209 e. The van der Waals surface area contributed by atoms with Gasteiger partial charge < -0.3 is 0 Å². The first kappa shape index (κ1) is 9.91. The summed E-state index contributed by atoms with van der Waals surface area (Å²) in [5, 5.41) is 0. The fourth-order valence-electron chi connectivity index (χ4n) is 2.10. The van der Waals surface area contributed by atoms with Crippen LogP contribution in [0.5, 0.6) is 0 Å². The molecule has 0 saturated heterocycles. The van der Waals surface area contributed by atoms with Gasteiger partial charge in [0.15, 0.2) is 5.71 Å². The third-order valence-corrected chi connectivity index (χ3v) is 3.89. The normalized spacial score (nSPS) is 18.6. The van der Waals surface area contributed by atoms with E-state index in [2.05, 4.69) is 66.5 Å². The van der Waals surface area contributed by atoms with Crippen LogP contribution in [0.25, 0.3) is 0 Å². The molecule has 0 aromatic heterocycles. The van der Waals surface area contributed by atoms with Crippen LogP contribution in [0, 0.1) is 0 Å². The van der Waals surface area contributed by atoms with Gasteiger partial charge in [-0.25, -0.2) is 4.58 Å². The minimum atomic E-state index is 0.161. The summed E-state index contributed by atoms with van der Waals surface area (Å²) in [6, 6.07) is 6.50. The van der Waals surface area contributed by atoms with Crippen molar-refractivity contribution in [3.05, 3.63) is 28.2 Å². The standard InChI is InChI=1S/C12H15BrN/c1-8-12(2,3)10-7-9(13)5-6-11(10)14(8)4/h5-7H,1-4H3/q+1. The van der Waals surface area contributed by atoms with E-state index in [0.29, 0.717) is 0 Å². The van der Waals surface area contributed by atoms with Gasteiger partial charge >= 0.3 is 0 Å². The molecular formula is C12H15BrN+. The minimum absolute atomic E-state index is 0.161. The average molecular weight is 253 g/mol. The lowest BCUT2D eigenvalue weighted by molar-refractivity contribution is -0.403. The van der Waals surface area contributed by atoms with Gasteiger partial charge in [0, 0.05) is 23.0 Å². The Hall–Kier alpha value is -0.630. The third-order valence-electron chi connectivity index (χ3n) is 3.40. The minimum Gasteiger partial charge on any atom is -0.202 e. The van der Waals surface area contributed by atoms with Gasteiger partial charge in [0.25, 0.3) is 0 Å². The second-order valence-electron chi connectivity index (χ2n) is 4.43. The van der Waals surface area contributed by atoms with Crippen molar-refractivity contribution in [1.82, 2.24) is 0 Å². The summed E-state index contributed by atoms with van der Waals surface area (Å²) in [6.45, 7) is 6.75. The number of hydrogen-bond donors (Lipinski definition) is 0. The smallest absolute Gasteiger partial charge is 0.202 e. The number of halogens is 1. The number of fused-ring (bicyclic) bond motifs is 1. The fraction of sp³-hybridized carbons (Fsp3) is 0.417. The van der Waals surface area contributed by atoms with Crippen LogP contribution in [0.1, 0.15) is 26.3 Å². The number of nitrogens with zero attached hydrogens (tertiary/aromatic N) is 1. The molecule has 1 aliphatic heterocycles. The Bertz CT molecular complexity index is 430. The van der Waals surface area contributed by atoms with Crippen LogP contribution < -0.4 is 0 Å². The van der Waals surface area contributed by atoms with Crippen molar-refractivity contribution in [3.8, 4) is 0 Å². The molecule has 14 heavy (non-hydrogen) atoms. The molecule has 0 fully saturated rings. The number of hydrogen-bond acceptors (Lipinski definition) is 0. The molecule has 0 amide bonds. The van der Waals surface area contributed by atoms with Crippen LogP contribution in [0.3, 0.4) is 0 Å². The van der Waals surface area contributed by atoms with Gasteiger partial charge in [-0.3, -0.25) is 0 Å². The van der Waals surface area contributed by atoms with Gasteiger partial charge in [0.1, 0.15) is 7.05 Å². The van der Waals surface area contributed by atoms with Gasteiger partial charge in [0.05, 0.1) is 5.41 Å². The molecule has 1 aromatic rings. The maximum absolute atomic E-state index is 3.53. The van der Waals surface area contributed by atoms with Crippen LogP contribution in [0.15, 0.2) is 22.7 Å². The highest BCUT2D eigenvalue weighted by atomic mass is 79.9. The molecule has 2 heteroatoms. The molecule has 0 radical (unpaired) electrons. The van der Waals surface area contributed by atoms with E-state index in [1.54, 1.807) is 0 Å². The van der Waals surface area contributed by atoms with Gasteiger partial charge in [-0.1, -0.05) is 15.9 Å². The van der Waals surface area contributed by atoms with E-state index < -0.39 is 0 Å². The van der Waals surface area contributed by atoms with Crippen molar-refractivity contribution in [3.63, 3.8) is 0 Å². The van der Waals surface area contributed by atoms with E-state index in [-0.39, 0.29) is 5.41 Å². The average Bonchev–Trinajstić information content (AvgIpc) is 2.29. The highest BCUT2D eigenvalue weighted by molar-refractivity contribution is 9.10. The molecule has 74 valence electrons. The lowest BCUT2D eigenvalue weighted by Gasteiger charge is -2.14. The Balaban J connectivity index is 2.73. The molecule has 0 atom stereocenters. The molecule has 0 N–H and O–H groups in total. The van der Waals surface area contributed by atoms with Gasteiger partial charge in [-0.15, -0.1) is 0 Å². The molecule has 2 rings (SSSR count). The summed E-state index contributed by atoms with van der Waals surface area (Å²) in [5.74, 6) is 0. The van der Waals surface area contributed by atoms with Crippen LogP contribution in [-0.4, -0.2) is 17.3 Å². The van der Waals surface area contributed by atoms with E-state index in [4.69, 9.17) is 0 Å². The summed E-state index contributed by atoms with van der Waals surface area (Å²) < 4.78 is 3.44. The van der Waals surface area contributed by atoms with Gasteiger partial charge in [-0.2, -0.15) is 0 Å². The zero-order valence-corrected chi connectivity index (χ0v) is 10.6. The van der Waals surface area contributed by atoms with Crippen molar-refractivity contribution >= 4 is 27.3 Å². The van der Waals surface area contributed by atoms with E-state index in [9.17, 15) is 0 Å². The summed E-state index contributed by atoms with van der Waals surface area (Å²) in [6.07, 6.45) is 0. The Kier molecular flexibility index (Phi) is 2.07. The monoisotopic (exact) mass is 252 g/mol. The van der Waals surface area contributed by atoms with Crippen LogP contribution in [0.4, 0.5) is 5.69 Å². The predicted octanol–water partition coefficient (Wildman–Crippen LogP) is 3.48. The van der Waals surface area contributed by atoms with Crippen molar-refractivity contribution in [2.45, 2.75) is 26.2 Å². The Labute approximate surface area is 93.6 Å². The topological polar surface area (TPSA) is 3.01 Å². The van der Waals surface area contributed by atoms with E-state index in [1.165, 1.54) is 17.0 Å². The van der Waals surface area contributed by atoms with Crippen molar-refractivity contribution in [2.24, 2.45) is 0 Å². The molecule has 1 nitrogen and oxygen atoms in total. The molecule has 0 bridgehead atoms. The van der Waals surface area contributed by atoms with Crippen molar-refractivity contribution in [1.29, 1.82) is 0 Å². The zero-order chi connectivity index (χ0) is 10.5. The Morgan fingerprint density at radius 2 is 1.93 bits per heavy atom. The highest BCUT2D eigenvalue weighted by Crippen LogP contribution is 2.39. The summed E-state index contributed by atoms with van der Waals surface area (Å²) >= 11 is 3.53. The van der Waals surface area contributed by atoms with Crippen LogP contribution in [0.2, 0.25) is 0 Å². The molecule has 0 unspecified atom stereocenters. The Morgan fingerprint density at radius 1 is 1.29 bits per heavy atom. The predicted molar refractivity (Wildman–Crippen MR) is 63.7 cm³/mol. The van der Waals surface area contributed by atoms with E-state index >= 15 is 0 Å². The SMILES string of the molecule is CC1=[N+](C)c2ccc(Br)cc2C1(C)C. The molecule has 1 aromatic carbocycles. The highest BCUT2D eigenvalue weighted by Gasteiger charge is 2.41. The fourth-order valence-corrected chi connectivity index (χ4v) is 2.46.